The lowest BCUT2D eigenvalue weighted by Gasteiger charge is -2.33. The summed E-state index contributed by atoms with van der Waals surface area (Å²) >= 11 is 0. The molecule has 0 radical (unpaired) electrons. The molecule has 0 fully saturated rings. The van der Waals surface area contributed by atoms with Crippen LogP contribution in [0.2, 0.25) is 0 Å². The molecule has 1 heterocycles. The molecule has 0 aliphatic heterocycles. The topological polar surface area (TPSA) is 47.1 Å². The van der Waals surface area contributed by atoms with Gasteiger partial charge in [-0.2, -0.15) is 0 Å². The molecular formula is C14H28N4. The molecule has 0 aromatic carbocycles. The van der Waals surface area contributed by atoms with Crippen LogP contribution in [0.5, 0.6) is 0 Å². The van der Waals surface area contributed by atoms with Crippen molar-refractivity contribution in [3.05, 3.63) is 18.2 Å². The molecule has 104 valence electrons. The van der Waals surface area contributed by atoms with Crippen LogP contribution >= 0.6 is 0 Å². The molecule has 0 spiro atoms. The van der Waals surface area contributed by atoms with E-state index in [1.165, 1.54) is 12.1 Å². The lowest BCUT2D eigenvalue weighted by atomic mass is 10.0. The minimum absolute atomic E-state index is 0.251. The number of hydrogen-bond donors (Lipinski definition) is 1. The molecule has 2 atom stereocenters. The molecule has 4 heteroatoms. The molecule has 1 aromatic heterocycles. The molecule has 0 bridgehead atoms. The Hall–Kier alpha value is -0.870. The lowest BCUT2D eigenvalue weighted by molar-refractivity contribution is 0.163. The largest absolute Gasteiger partial charge is 0.333 e. The van der Waals surface area contributed by atoms with Gasteiger partial charge in [-0.05, 0) is 33.2 Å². The van der Waals surface area contributed by atoms with Crippen LogP contribution in [0.3, 0.4) is 0 Å². The van der Waals surface area contributed by atoms with Gasteiger partial charge in [0.25, 0.3) is 0 Å². The second kappa shape index (κ2) is 6.90. The summed E-state index contributed by atoms with van der Waals surface area (Å²) in [6.07, 6.45) is 5.02. The highest BCUT2D eigenvalue weighted by Crippen LogP contribution is 2.22. The van der Waals surface area contributed by atoms with E-state index in [4.69, 9.17) is 5.73 Å². The van der Waals surface area contributed by atoms with Crippen molar-refractivity contribution in [2.75, 3.05) is 13.6 Å². The van der Waals surface area contributed by atoms with E-state index in [1.807, 2.05) is 12.5 Å². The van der Waals surface area contributed by atoms with Gasteiger partial charge in [0.1, 0.15) is 0 Å². The fourth-order valence-corrected chi connectivity index (χ4v) is 2.52. The van der Waals surface area contributed by atoms with Crippen LogP contribution in [-0.4, -0.2) is 34.1 Å². The molecule has 1 aromatic rings. The van der Waals surface area contributed by atoms with E-state index in [0.717, 1.165) is 6.54 Å². The van der Waals surface area contributed by atoms with E-state index in [2.05, 4.69) is 49.2 Å². The number of aryl methyl sites for hydroxylation is 1. The zero-order chi connectivity index (χ0) is 13.7. The first kappa shape index (κ1) is 15.2. The third-order valence-electron chi connectivity index (χ3n) is 3.65. The first-order valence-electron chi connectivity index (χ1n) is 6.93. The number of aromatic nitrogens is 2. The van der Waals surface area contributed by atoms with Crippen molar-refractivity contribution in [3.8, 4) is 0 Å². The van der Waals surface area contributed by atoms with Crippen molar-refractivity contribution < 1.29 is 0 Å². The Morgan fingerprint density at radius 3 is 2.56 bits per heavy atom. The molecule has 1 rings (SSSR count). The Bertz CT molecular complexity index is 345. The predicted octanol–water partition coefficient (Wildman–Crippen LogP) is 2.27. The molecule has 2 unspecified atom stereocenters. The van der Waals surface area contributed by atoms with Gasteiger partial charge in [-0.1, -0.05) is 13.8 Å². The van der Waals surface area contributed by atoms with Gasteiger partial charge in [-0.25, -0.2) is 4.98 Å². The summed E-state index contributed by atoms with van der Waals surface area (Å²) in [6.45, 7) is 10.5. The summed E-state index contributed by atoms with van der Waals surface area (Å²) in [6, 6.07) is 0.778. The van der Waals surface area contributed by atoms with Gasteiger partial charge in [0, 0.05) is 25.3 Å². The lowest BCUT2D eigenvalue weighted by Crippen LogP contribution is -2.38. The Morgan fingerprint density at radius 1 is 1.39 bits per heavy atom. The van der Waals surface area contributed by atoms with E-state index in [9.17, 15) is 0 Å². The number of rotatable bonds is 7. The molecule has 0 aliphatic rings. The molecule has 2 N–H and O–H groups in total. The van der Waals surface area contributed by atoms with Crippen molar-refractivity contribution in [2.45, 2.75) is 52.7 Å². The SMILES string of the molecule is CCn1cncc1C(CN)N(C)C(C)CC(C)C. The second-order valence-corrected chi connectivity index (χ2v) is 5.50. The maximum Gasteiger partial charge on any atom is 0.0948 e. The van der Waals surface area contributed by atoms with Crippen LogP contribution in [0.1, 0.15) is 45.9 Å². The minimum Gasteiger partial charge on any atom is -0.333 e. The van der Waals surface area contributed by atoms with Crippen LogP contribution in [0.15, 0.2) is 12.5 Å². The standard InChI is InChI=1S/C14H28N4/c1-6-18-10-16-9-14(18)13(8-15)17(5)12(4)7-11(2)3/h9-13H,6-8,15H2,1-5H3. The van der Waals surface area contributed by atoms with Gasteiger partial charge in [0.05, 0.1) is 18.1 Å². The summed E-state index contributed by atoms with van der Waals surface area (Å²) in [4.78, 5) is 6.62. The van der Waals surface area contributed by atoms with Gasteiger partial charge in [-0.3, -0.25) is 4.90 Å². The van der Waals surface area contributed by atoms with E-state index in [0.29, 0.717) is 18.5 Å². The Morgan fingerprint density at radius 2 is 2.06 bits per heavy atom. The van der Waals surface area contributed by atoms with Crippen molar-refractivity contribution >= 4 is 0 Å². The number of nitrogens with zero attached hydrogens (tertiary/aromatic N) is 3. The molecular weight excluding hydrogens is 224 g/mol. The normalized spacial score (nSPS) is 15.3. The van der Waals surface area contributed by atoms with Gasteiger partial charge in [-0.15, -0.1) is 0 Å². The van der Waals surface area contributed by atoms with E-state index in [-0.39, 0.29) is 6.04 Å². The highest BCUT2D eigenvalue weighted by Gasteiger charge is 2.23. The van der Waals surface area contributed by atoms with Crippen LogP contribution in [0.25, 0.3) is 0 Å². The zero-order valence-electron chi connectivity index (χ0n) is 12.4. The molecule has 0 saturated carbocycles. The first-order valence-corrected chi connectivity index (χ1v) is 6.93. The summed E-state index contributed by atoms with van der Waals surface area (Å²) < 4.78 is 2.18. The Labute approximate surface area is 111 Å². The van der Waals surface area contributed by atoms with Crippen LogP contribution < -0.4 is 5.73 Å². The fraction of sp³-hybridized carbons (Fsp3) is 0.786. The minimum atomic E-state index is 0.251. The average Bonchev–Trinajstić information content (AvgIpc) is 2.77. The van der Waals surface area contributed by atoms with Crippen LogP contribution in [-0.2, 0) is 6.54 Å². The molecule has 18 heavy (non-hydrogen) atoms. The predicted molar refractivity (Wildman–Crippen MR) is 76.4 cm³/mol. The van der Waals surface area contributed by atoms with Gasteiger partial charge in [0.2, 0.25) is 0 Å². The number of hydrogen-bond acceptors (Lipinski definition) is 3. The van der Waals surface area contributed by atoms with E-state index >= 15 is 0 Å². The van der Waals surface area contributed by atoms with Gasteiger partial charge >= 0.3 is 0 Å². The summed E-state index contributed by atoms with van der Waals surface area (Å²) in [5, 5.41) is 0. The van der Waals surface area contributed by atoms with Crippen LogP contribution in [0.4, 0.5) is 0 Å². The number of imidazole rings is 1. The van der Waals surface area contributed by atoms with Gasteiger partial charge < -0.3 is 10.3 Å². The molecule has 0 amide bonds. The van der Waals surface area contributed by atoms with Crippen molar-refractivity contribution in [1.82, 2.24) is 14.5 Å². The maximum atomic E-state index is 5.97. The van der Waals surface area contributed by atoms with E-state index < -0.39 is 0 Å². The first-order chi connectivity index (χ1) is 8.51. The summed E-state index contributed by atoms with van der Waals surface area (Å²) in [5.74, 6) is 0.706. The van der Waals surface area contributed by atoms with Gasteiger partial charge in [0.15, 0.2) is 0 Å². The Balaban J connectivity index is 2.82. The van der Waals surface area contributed by atoms with Crippen molar-refractivity contribution in [2.24, 2.45) is 11.7 Å². The summed E-state index contributed by atoms with van der Waals surface area (Å²) in [7, 11) is 2.16. The van der Waals surface area contributed by atoms with Crippen LogP contribution in [0, 0.1) is 5.92 Å². The zero-order valence-corrected chi connectivity index (χ0v) is 12.4. The number of likely N-dealkylation sites (N-methyl/N-ethyl adjacent to an activating group) is 1. The van der Waals surface area contributed by atoms with E-state index in [1.54, 1.807) is 0 Å². The summed E-state index contributed by atoms with van der Waals surface area (Å²) in [5.41, 5.74) is 7.19. The fourth-order valence-electron chi connectivity index (χ4n) is 2.52. The average molecular weight is 252 g/mol. The smallest absolute Gasteiger partial charge is 0.0948 e. The highest BCUT2D eigenvalue weighted by molar-refractivity contribution is 5.06. The third-order valence-corrected chi connectivity index (χ3v) is 3.65. The molecule has 0 aliphatic carbocycles. The molecule has 4 nitrogen and oxygen atoms in total. The maximum absolute atomic E-state index is 5.97. The quantitative estimate of drug-likeness (QED) is 0.810. The second-order valence-electron chi connectivity index (χ2n) is 5.50. The third kappa shape index (κ3) is 3.56. The molecule has 0 saturated heterocycles. The Kier molecular flexibility index (Phi) is 5.82. The monoisotopic (exact) mass is 252 g/mol. The van der Waals surface area contributed by atoms with Crippen molar-refractivity contribution in [1.29, 1.82) is 0 Å². The number of nitrogens with two attached hydrogens (primary N) is 1. The highest BCUT2D eigenvalue weighted by atomic mass is 15.2. The van der Waals surface area contributed by atoms with Crippen molar-refractivity contribution in [3.63, 3.8) is 0 Å².